The molecule has 1 N–H and O–H groups in total. The van der Waals surface area contributed by atoms with Crippen LogP contribution in [0.5, 0.6) is 0 Å². The SMILES string of the molecule is CCCC(Cl)CNCc1ncnn1CC(C)C. The molecule has 1 heterocycles. The van der Waals surface area contributed by atoms with Crippen LogP contribution in [-0.2, 0) is 13.1 Å². The Balaban J connectivity index is 2.33. The molecule has 0 spiro atoms. The molecule has 0 aliphatic carbocycles. The van der Waals surface area contributed by atoms with Crippen LogP contribution in [0.15, 0.2) is 6.33 Å². The van der Waals surface area contributed by atoms with E-state index < -0.39 is 0 Å². The second-order valence-electron chi connectivity index (χ2n) is 4.77. The fourth-order valence-electron chi connectivity index (χ4n) is 1.68. The van der Waals surface area contributed by atoms with Gasteiger partial charge in [-0.2, -0.15) is 5.10 Å². The van der Waals surface area contributed by atoms with E-state index in [0.717, 1.165) is 38.3 Å². The Bertz CT molecular complexity index is 311. The van der Waals surface area contributed by atoms with Gasteiger partial charge in [-0.1, -0.05) is 27.2 Å². The molecule has 1 aromatic heterocycles. The number of nitrogens with one attached hydrogen (secondary N) is 1. The van der Waals surface area contributed by atoms with Gasteiger partial charge in [0.15, 0.2) is 0 Å². The lowest BCUT2D eigenvalue weighted by Crippen LogP contribution is -2.25. The lowest BCUT2D eigenvalue weighted by molar-refractivity contribution is 0.456. The van der Waals surface area contributed by atoms with Gasteiger partial charge in [-0.15, -0.1) is 11.6 Å². The van der Waals surface area contributed by atoms with E-state index in [1.54, 1.807) is 6.33 Å². The zero-order valence-electron chi connectivity index (χ0n) is 11.0. The van der Waals surface area contributed by atoms with E-state index in [9.17, 15) is 0 Å². The smallest absolute Gasteiger partial charge is 0.140 e. The number of halogens is 1. The Morgan fingerprint density at radius 3 is 2.88 bits per heavy atom. The number of hydrogen-bond donors (Lipinski definition) is 1. The average Bonchev–Trinajstić information content (AvgIpc) is 2.65. The van der Waals surface area contributed by atoms with Crippen molar-refractivity contribution < 1.29 is 0 Å². The van der Waals surface area contributed by atoms with Gasteiger partial charge in [0.1, 0.15) is 12.2 Å². The quantitative estimate of drug-likeness (QED) is 0.729. The molecule has 1 aromatic rings. The van der Waals surface area contributed by atoms with E-state index in [0.29, 0.717) is 5.92 Å². The summed E-state index contributed by atoms with van der Waals surface area (Å²) < 4.78 is 1.96. The highest BCUT2D eigenvalue weighted by Crippen LogP contribution is 2.04. The van der Waals surface area contributed by atoms with Gasteiger partial charge in [-0.25, -0.2) is 9.67 Å². The van der Waals surface area contributed by atoms with Gasteiger partial charge in [0.25, 0.3) is 0 Å². The first-order chi connectivity index (χ1) is 8.13. The second-order valence-corrected chi connectivity index (χ2v) is 5.39. The van der Waals surface area contributed by atoms with Crippen LogP contribution in [0.3, 0.4) is 0 Å². The Morgan fingerprint density at radius 1 is 1.47 bits per heavy atom. The predicted octanol–water partition coefficient (Wildman–Crippen LogP) is 2.43. The second kappa shape index (κ2) is 7.67. The van der Waals surface area contributed by atoms with E-state index >= 15 is 0 Å². The van der Waals surface area contributed by atoms with Crippen LogP contribution in [0.2, 0.25) is 0 Å². The summed E-state index contributed by atoms with van der Waals surface area (Å²) in [5.74, 6) is 1.57. The van der Waals surface area contributed by atoms with Crippen molar-refractivity contribution in [3.05, 3.63) is 12.2 Å². The number of rotatable bonds is 8. The van der Waals surface area contributed by atoms with Gasteiger partial charge in [0.05, 0.1) is 6.54 Å². The molecule has 0 amide bonds. The molecule has 4 nitrogen and oxygen atoms in total. The van der Waals surface area contributed by atoms with E-state index in [4.69, 9.17) is 11.6 Å². The fraction of sp³-hybridized carbons (Fsp3) is 0.833. The van der Waals surface area contributed by atoms with Gasteiger partial charge in [-0.3, -0.25) is 0 Å². The van der Waals surface area contributed by atoms with E-state index in [1.165, 1.54) is 0 Å². The summed E-state index contributed by atoms with van der Waals surface area (Å²) >= 11 is 6.14. The first kappa shape index (κ1) is 14.5. The number of hydrogen-bond acceptors (Lipinski definition) is 3. The Labute approximate surface area is 109 Å². The molecule has 0 aliphatic rings. The highest BCUT2D eigenvalue weighted by molar-refractivity contribution is 6.20. The molecule has 0 saturated carbocycles. The number of nitrogens with zero attached hydrogens (tertiary/aromatic N) is 3. The lowest BCUT2D eigenvalue weighted by Gasteiger charge is -2.11. The molecule has 5 heteroatoms. The summed E-state index contributed by atoms with van der Waals surface area (Å²) in [6.45, 7) is 8.97. The molecule has 17 heavy (non-hydrogen) atoms. The number of alkyl halides is 1. The molecular formula is C12H23ClN4. The standard InChI is InChI=1S/C12H23ClN4/c1-4-5-11(13)6-14-7-12-15-9-16-17(12)8-10(2)3/h9-11,14H,4-8H2,1-3H3. The van der Waals surface area contributed by atoms with Crippen molar-refractivity contribution in [3.8, 4) is 0 Å². The Kier molecular flexibility index (Phi) is 6.52. The number of aromatic nitrogens is 3. The molecule has 0 saturated heterocycles. The highest BCUT2D eigenvalue weighted by Gasteiger charge is 2.07. The monoisotopic (exact) mass is 258 g/mol. The molecule has 0 radical (unpaired) electrons. The summed E-state index contributed by atoms with van der Waals surface area (Å²) in [6.07, 6.45) is 3.79. The normalized spacial score (nSPS) is 13.2. The summed E-state index contributed by atoms with van der Waals surface area (Å²) in [7, 11) is 0. The van der Waals surface area contributed by atoms with Crippen molar-refractivity contribution in [1.29, 1.82) is 0 Å². The van der Waals surface area contributed by atoms with E-state index in [1.807, 2.05) is 4.68 Å². The zero-order valence-corrected chi connectivity index (χ0v) is 11.7. The topological polar surface area (TPSA) is 42.7 Å². The van der Waals surface area contributed by atoms with Gasteiger partial charge in [0, 0.05) is 18.5 Å². The van der Waals surface area contributed by atoms with Gasteiger partial charge < -0.3 is 5.32 Å². The fourth-order valence-corrected chi connectivity index (χ4v) is 2.01. The first-order valence-electron chi connectivity index (χ1n) is 6.35. The minimum absolute atomic E-state index is 0.210. The third-order valence-corrected chi connectivity index (χ3v) is 2.86. The predicted molar refractivity (Wildman–Crippen MR) is 71.1 cm³/mol. The maximum Gasteiger partial charge on any atom is 0.140 e. The summed E-state index contributed by atoms with van der Waals surface area (Å²) in [5, 5.41) is 7.76. The van der Waals surface area contributed by atoms with E-state index in [2.05, 4.69) is 36.2 Å². The summed E-state index contributed by atoms with van der Waals surface area (Å²) in [4.78, 5) is 4.26. The average molecular weight is 259 g/mol. The molecule has 0 bridgehead atoms. The van der Waals surface area contributed by atoms with Gasteiger partial charge >= 0.3 is 0 Å². The van der Waals surface area contributed by atoms with Crippen molar-refractivity contribution in [3.63, 3.8) is 0 Å². The zero-order chi connectivity index (χ0) is 12.7. The van der Waals surface area contributed by atoms with Crippen LogP contribution >= 0.6 is 11.6 Å². The van der Waals surface area contributed by atoms with Crippen molar-refractivity contribution >= 4 is 11.6 Å². The molecule has 0 fully saturated rings. The van der Waals surface area contributed by atoms with Crippen LogP contribution in [0.1, 0.15) is 39.4 Å². The molecule has 1 atom stereocenters. The largest absolute Gasteiger partial charge is 0.308 e. The van der Waals surface area contributed by atoms with E-state index in [-0.39, 0.29) is 5.38 Å². The van der Waals surface area contributed by atoms with Crippen LogP contribution in [-0.4, -0.2) is 26.7 Å². The Hall–Kier alpha value is -0.610. The van der Waals surface area contributed by atoms with Crippen LogP contribution in [0, 0.1) is 5.92 Å². The molecular weight excluding hydrogens is 236 g/mol. The lowest BCUT2D eigenvalue weighted by atomic mass is 10.2. The third-order valence-electron chi connectivity index (χ3n) is 2.48. The van der Waals surface area contributed by atoms with Crippen molar-refractivity contribution in [1.82, 2.24) is 20.1 Å². The third kappa shape index (κ3) is 5.50. The van der Waals surface area contributed by atoms with Crippen molar-refractivity contribution in [2.75, 3.05) is 6.54 Å². The van der Waals surface area contributed by atoms with Crippen molar-refractivity contribution in [2.45, 2.75) is 52.1 Å². The summed E-state index contributed by atoms with van der Waals surface area (Å²) in [5.41, 5.74) is 0. The van der Waals surface area contributed by atoms with Gasteiger partial charge in [-0.05, 0) is 12.3 Å². The highest BCUT2D eigenvalue weighted by atomic mass is 35.5. The molecule has 0 aliphatic heterocycles. The maximum absolute atomic E-state index is 6.14. The van der Waals surface area contributed by atoms with Crippen LogP contribution in [0.25, 0.3) is 0 Å². The van der Waals surface area contributed by atoms with Crippen molar-refractivity contribution in [2.24, 2.45) is 5.92 Å². The molecule has 1 unspecified atom stereocenters. The summed E-state index contributed by atoms with van der Waals surface area (Å²) in [6, 6.07) is 0. The minimum atomic E-state index is 0.210. The Morgan fingerprint density at radius 2 is 2.24 bits per heavy atom. The van der Waals surface area contributed by atoms with Crippen LogP contribution in [0.4, 0.5) is 0 Å². The van der Waals surface area contributed by atoms with Crippen LogP contribution < -0.4 is 5.32 Å². The maximum atomic E-state index is 6.14. The first-order valence-corrected chi connectivity index (χ1v) is 6.78. The molecule has 1 rings (SSSR count). The minimum Gasteiger partial charge on any atom is -0.308 e. The molecule has 0 aromatic carbocycles. The van der Waals surface area contributed by atoms with Gasteiger partial charge in [0.2, 0.25) is 0 Å². The molecule has 98 valence electrons.